The minimum atomic E-state index is -1.14. The molecule has 4 heteroatoms. The van der Waals surface area contributed by atoms with Crippen LogP contribution in [0.1, 0.15) is 24.8 Å². The van der Waals surface area contributed by atoms with E-state index in [1.807, 2.05) is 19.0 Å². The molecule has 110 valence electrons. The van der Waals surface area contributed by atoms with Crippen LogP contribution in [0.25, 0.3) is 0 Å². The van der Waals surface area contributed by atoms with E-state index in [1.165, 1.54) is 18.2 Å². The third-order valence-electron chi connectivity index (χ3n) is 4.96. The number of nitrogens with zero attached hydrogens (tertiary/aromatic N) is 1. The zero-order valence-corrected chi connectivity index (χ0v) is 12.0. The van der Waals surface area contributed by atoms with Crippen molar-refractivity contribution in [2.24, 2.45) is 17.8 Å². The van der Waals surface area contributed by atoms with E-state index in [-0.39, 0.29) is 23.1 Å². The first-order valence-electron chi connectivity index (χ1n) is 7.29. The number of fused-ring (bicyclic) bond motifs is 1. The monoisotopic (exact) mass is 279 g/mol. The lowest BCUT2D eigenvalue weighted by Gasteiger charge is -2.42. The van der Waals surface area contributed by atoms with Crippen molar-refractivity contribution in [3.05, 3.63) is 29.6 Å². The molecule has 0 heterocycles. The average molecular weight is 279 g/mol. The van der Waals surface area contributed by atoms with Crippen LogP contribution in [-0.4, -0.2) is 35.8 Å². The van der Waals surface area contributed by atoms with E-state index in [1.54, 1.807) is 0 Å². The zero-order valence-electron chi connectivity index (χ0n) is 12.0. The fourth-order valence-corrected chi connectivity index (χ4v) is 3.95. The fourth-order valence-electron chi connectivity index (χ4n) is 3.95. The lowest BCUT2D eigenvalue weighted by atomic mass is 9.70. The number of hydrogen-bond acceptors (Lipinski definition) is 3. The summed E-state index contributed by atoms with van der Waals surface area (Å²) in [6.45, 7) is 0.731. The summed E-state index contributed by atoms with van der Waals surface area (Å²) in [6, 6.07) is 3.98. The molecule has 0 bridgehead atoms. The highest BCUT2D eigenvalue weighted by Crippen LogP contribution is 2.61. The predicted octanol–water partition coefficient (Wildman–Crippen LogP) is 2.33. The Kier molecular flexibility index (Phi) is 3.26. The molecule has 0 radical (unpaired) electrons. The fraction of sp³-hybridized carbons (Fsp3) is 0.625. The number of hydrogen-bond donors (Lipinski definition) is 2. The van der Waals surface area contributed by atoms with Gasteiger partial charge >= 0.3 is 0 Å². The Bertz CT molecular complexity index is 519. The molecule has 3 rings (SSSR count). The number of aromatic hydroxyl groups is 1. The molecule has 4 unspecified atom stereocenters. The SMILES string of the molecule is CN(C)CC1CCC2CC2C1(O)c1cc(O)ccc1F. The molecule has 0 spiro atoms. The Balaban J connectivity index is 2.02. The minimum absolute atomic E-state index is 0.0116. The van der Waals surface area contributed by atoms with E-state index in [0.29, 0.717) is 5.92 Å². The Hall–Kier alpha value is -1.13. The molecule has 4 atom stereocenters. The summed E-state index contributed by atoms with van der Waals surface area (Å²) < 4.78 is 14.2. The summed E-state index contributed by atoms with van der Waals surface area (Å²) in [5.74, 6) is 0.262. The van der Waals surface area contributed by atoms with Crippen molar-refractivity contribution in [2.75, 3.05) is 20.6 Å². The first kappa shape index (κ1) is 13.8. The van der Waals surface area contributed by atoms with Crippen molar-refractivity contribution in [3.8, 4) is 5.75 Å². The van der Waals surface area contributed by atoms with Gasteiger partial charge < -0.3 is 15.1 Å². The zero-order chi connectivity index (χ0) is 14.5. The summed E-state index contributed by atoms with van der Waals surface area (Å²) in [6.07, 6.45) is 2.99. The quantitative estimate of drug-likeness (QED) is 0.892. The predicted molar refractivity (Wildman–Crippen MR) is 74.8 cm³/mol. The number of phenolic OH excluding ortho intramolecular Hbond substituents is 1. The smallest absolute Gasteiger partial charge is 0.129 e. The first-order valence-corrected chi connectivity index (χ1v) is 7.29. The van der Waals surface area contributed by atoms with Crippen LogP contribution in [0.3, 0.4) is 0 Å². The van der Waals surface area contributed by atoms with Crippen molar-refractivity contribution in [1.82, 2.24) is 4.90 Å². The van der Waals surface area contributed by atoms with Gasteiger partial charge in [-0.1, -0.05) is 0 Å². The van der Waals surface area contributed by atoms with Crippen LogP contribution in [0, 0.1) is 23.6 Å². The van der Waals surface area contributed by atoms with E-state index in [2.05, 4.69) is 0 Å². The highest BCUT2D eigenvalue weighted by molar-refractivity contribution is 5.36. The lowest BCUT2D eigenvalue weighted by Crippen LogP contribution is -2.45. The van der Waals surface area contributed by atoms with Gasteiger partial charge in [-0.05, 0) is 63.4 Å². The number of benzene rings is 1. The Morgan fingerprint density at radius 2 is 2.10 bits per heavy atom. The molecule has 20 heavy (non-hydrogen) atoms. The van der Waals surface area contributed by atoms with E-state index < -0.39 is 11.4 Å². The molecule has 2 aliphatic carbocycles. The van der Waals surface area contributed by atoms with Gasteiger partial charge in [-0.3, -0.25) is 0 Å². The van der Waals surface area contributed by atoms with Crippen LogP contribution in [0.4, 0.5) is 4.39 Å². The molecule has 1 aromatic rings. The van der Waals surface area contributed by atoms with Gasteiger partial charge in [0.15, 0.2) is 0 Å². The second-order valence-corrected chi connectivity index (χ2v) is 6.63. The molecule has 0 aliphatic heterocycles. The summed E-state index contributed by atoms with van der Waals surface area (Å²) in [4.78, 5) is 2.04. The lowest BCUT2D eigenvalue weighted by molar-refractivity contribution is -0.0775. The van der Waals surface area contributed by atoms with Crippen molar-refractivity contribution in [2.45, 2.75) is 24.9 Å². The molecule has 0 amide bonds. The number of halogens is 1. The van der Waals surface area contributed by atoms with Crippen molar-refractivity contribution in [3.63, 3.8) is 0 Å². The van der Waals surface area contributed by atoms with Crippen LogP contribution < -0.4 is 0 Å². The largest absolute Gasteiger partial charge is 0.508 e. The maximum Gasteiger partial charge on any atom is 0.129 e. The number of rotatable bonds is 3. The first-order chi connectivity index (χ1) is 9.42. The van der Waals surface area contributed by atoms with E-state index in [0.717, 1.165) is 25.8 Å². The van der Waals surface area contributed by atoms with Gasteiger partial charge in [-0.25, -0.2) is 4.39 Å². The molecule has 1 aromatic carbocycles. The Labute approximate surface area is 119 Å². The molecule has 2 fully saturated rings. The second kappa shape index (κ2) is 4.71. The Morgan fingerprint density at radius 3 is 2.80 bits per heavy atom. The third-order valence-corrected chi connectivity index (χ3v) is 4.96. The van der Waals surface area contributed by atoms with Crippen molar-refractivity contribution >= 4 is 0 Å². The molecule has 0 aromatic heterocycles. The molecule has 2 saturated carbocycles. The van der Waals surface area contributed by atoms with Gasteiger partial charge in [0.05, 0.1) is 5.60 Å². The molecule has 2 N–H and O–H groups in total. The van der Waals surface area contributed by atoms with E-state index >= 15 is 0 Å². The summed E-state index contributed by atoms with van der Waals surface area (Å²) in [5.41, 5.74) is -0.868. The summed E-state index contributed by atoms with van der Waals surface area (Å²) >= 11 is 0. The van der Waals surface area contributed by atoms with Gasteiger partial charge in [0, 0.05) is 18.0 Å². The van der Waals surface area contributed by atoms with Gasteiger partial charge in [0.1, 0.15) is 11.6 Å². The maximum atomic E-state index is 14.2. The number of aliphatic hydroxyl groups is 1. The van der Waals surface area contributed by atoms with Crippen LogP contribution >= 0.6 is 0 Å². The summed E-state index contributed by atoms with van der Waals surface area (Å²) in [5, 5.41) is 21.0. The highest BCUT2D eigenvalue weighted by atomic mass is 19.1. The van der Waals surface area contributed by atoms with Crippen LogP contribution in [0.15, 0.2) is 18.2 Å². The maximum absolute atomic E-state index is 14.2. The average Bonchev–Trinajstić information content (AvgIpc) is 3.16. The topological polar surface area (TPSA) is 43.7 Å². The molecule has 3 nitrogen and oxygen atoms in total. The Morgan fingerprint density at radius 1 is 1.35 bits per heavy atom. The van der Waals surface area contributed by atoms with Gasteiger partial charge in [0.25, 0.3) is 0 Å². The molecule has 0 saturated heterocycles. The molecular weight excluding hydrogens is 257 g/mol. The van der Waals surface area contributed by atoms with Crippen LogP contribution in [0.2, 0.25) is 0 Å². The van der Waals surface area contributed by atoms with E-state index in [4.69, 9.17) is 0 Å². The molecule has 2 aliphatic rings. The van der Waals surface area contributed by atoms with Crippen molar-refractivity contribution in [1.29, 1.82) is 0 Å². The van der Waals surface area contributed by atoms with Crippen LogP contribution in [-0.2, 0) is 5.60 Å². The minimum Gasteiger partial charge on any atom is -0.508 e. The normalized spacial score (nSPS) is 36.0. The second-order valence-electron chi connectivity index (χ2n) is 6.63. The van der Waals surface area contributed by atoms with Crippen LogP contribution in [0.5, 0.6) is 5.75 Å². The number of phenols is 1. The van der Waals surface area contributed by atoms with E-state index in [9.17, 15) is 14.6 Å². The summed E-state index contributed by atoms with van der Waals surface area (Å²) in [7, 11) is 3.94. The third kappa shape index (κ3) is 2.11. The van der Waals surface area contributed by atoms with Gasteiger partial charge in [-0.15, -0.1) is 0 Å². The van der Waals surface area contributed by atoms with Gasteiger partial charge in [0.2, 0.25) is 0 Å². The highest BCUT2D eigenvalue weighted by Gasteiger charge is 2.60. The van der Waals surface area contributed by atoms with Crippen molar-refractivity contribution < 1.29 is 14.6 Å². The standard InChI is InChI=1S/C16H22FNO2/c1-18(2)9-11-4-3-10-7-13(10)16(11,20)14-8-12(19)5-6-15(14)17/h5-6,8,10-11,13,19-20H,3-4,7,9H2,1-2H3. The molecular formula is C16H22FNO2. The van der Waals surface area contributed by atoms with Gasteiger partial charge in [-0.2, -0.15) is 0 Å².